The van der Waals surface area contributed by atoms with Gasteiger partial charge >= 0.3 is 0 Å². The van der Waals surface area contributed by atoms with Crippen molar-refractivity contribution in [2.45, 2.75) is 0 Å². The standard InChI is InChI=1S/C17H15N3O.C4H9NO/c1-20-16(13-8-4-2-5-9-13)12-15(19-20)17(21)18-14-10-6-3-7-11-14;1-3-6-4-2-5-1/h2-12H,1H3,(H,18,21);5H,1-4H2. The summed E-state index contributed by atoms with van der Waals surface area (Å²) in [6, 6.07) is 21.0. The van der Waals surface area contributed by atoms with Crippen molar-refractivity contribution in [1.82, 2.24) is 15.1 Å². The third-order valence-electron chi connectivity index (χ3n) is 4.06. The van der Waals surface area contributed by atoms with Gasteiger partial charge in [-0.05, 0) is 23.8 Å². The van der Waals surface area contributed by atoms with Crippen molar-refractivity contribution in [3.63, 3.8) is 0 Å². The minimum Gasteiger partial charge on any atom is -0.379 e. The molecule has 2 heterocycles. The average Bonchev–Trinajstić information content (AvgIpc) is 3.13. The summed E-state index contributed by atoms with van der Waals surface area (Å²) >= 11 is 0. The third kappa shape index (κ3) is 5.51. The molecule has 0 atom stereocenters. The molecule has 4 rings (SSSR count). The second-order valence-electron chi connectivity index (χ2n) is 6.09. The van der Waals surface area contributed by atoms with Gasteiger partial charge in [-0.2, -0.15) is 5.10 Å². The van der Waals surface area contributed by atoms with Gasteiger partial charge in [0, 0.05) is 25.8 Å². The first-order valence-electron chi connectivity index (χ1n) is 8.98. The predicted octanol–water partition coefficient (Wildman–Crippen LogP) is 2.95. The van der Waals surface area contributed by atoms with E-state index in [0.717, 1.165) is 43.2 Å². The molecule has 2 N–H and O–H groups in total. The Hall–Kier alpha value is -2.96. The molecule has 0 radical (unpaired) electrons. The minimum absolute atomic E-state index is 0.209. The highest BCUT2D eigenvalue weighted by molar-refractivity contribution is 6.03. The first kappa shape index (κ1) is 18.8. The molecule has 0 aliphatic carbocycles. The van der Waals surface area contributed by atoms with Crippen molar-refractivity contribution in [2.75, 3.05) is 31.6 Å². The number of ether oxygens (including phenoxy) is 1. The van der Waals surface area contributed by atoms with E-state index in [1.165, 1.54) is 0 Å². The Morgan fingerprint density at radius 1 is 1.04 bits per heavy atom. The maximum absolute atomic E-state index is 12.2. The van der Waals surface area contributed by atoms with Gasteiger partial charge in [-0.25, -0.2) is 0 Å². The number of nitrogens with one attached hydrogen (secondary N) is 2. The average molecular weight is 364 g/mol. The van der Waals surface area contributed by atoms with E-state index in [1.54, 1.807) is 10.7 Å². The molecule has 0 saturated carbocycles. The Kier molecular flexibility index (Phi) is 6.73. The van der Waals surface area contributed by atoms with Crippen LogP contribution in [0, 0.1) is 0 Å². The number of aromatic nitrogens is 2. The highest BCUT2D eigenvalue weighted by Crippen LogP contribution is 2.20. The number of carbonyl (C=O) groups is 1. The number of hydrogen-bond acceptors (Lipinski definition) is 4. The molecular formula is C21H24N4O2. The summed E-state index contributed by atoms with van der Waals surface area (Å²) in [5.74, 6) is -0.209. The first-order valence-corrected chi connectivity index (χ1v) is 8.98. The highest BCUT2D eigenvalue weighted by Gasteiger charge is 2.13. The number of nitrogens with zero attached hydrogens (tertiary/aromatic N) is 2. The fraction of sp³-hybridized carbons (Fsp3) is 0.238. The lowest BCUT2D eigenvalue weighted by Crippen LogP contribution is -2.30. The molecule has 0 spiro atoms. The van der Waals surface area contributed by atoms with Crippen LogP contribution in [0.3, 0.4) is 0 Å². The van der Waals surface area contributed by atoms with E-state index >= 15 is 0 Å². The van der Waals surface area contributed by atoms with E-state index in [4.69, 9.17) is 4.74 Å². The first-order chi connectivity index (χ1) is 13.2. The quantitative estimate of drug-likeness (QED) is 0.750. The van der Waals surface area contributed by atoms with Crippen molar-refractivity contribution < 1.29 is 9.53 Å². The van der Waals surface area contributed by atoms with Gasteiger partial charge in [0.15, 0.2) is 5.69 Å². The van der Waals surface area contributed by atoms with Gasteiger partial charge < -0.3 is 15.4 Å². The number of anilines is 1. The molecule has 1 amide bonds. The molecule has 0 unspecified atom stereocenters. The Balaban J connectivity index is 0.000000299. The van der Waals surface area contributed by atoms with Crippen LogP contribution in [0.25, 0.3) is 11.3 Å². The van der Waals surface area contributed by atoms with Crippen LogP contribution in [0.15, 0.2) is 66.7 Å². The Bertz CT molecular complexity index is 832. The smallest absolute Gasteiger partial charge is 0.276 e. The number of morpholine rings is 1. The zero-order chi connectivity index (χ0) is 18.9. The van der Waals surface area contributed by atoms with E-state index in [1.807, 2.05) is 67.7 Å². The topological polar surface area (TPSA) is 68.2 Å². The van der Waals surface area contributed by atoms with Gasteiger partial charge in [-0.3, -0.25) is 9.48 Å². The Morgan fingerprint density at radius 3 is 2.22 bits per heavy atom. The van der Waals surface area contributed by atoms with Gasteiger partial charge in [0.05, 0.1) is 18.9 Å². The number of amides is 1. The van der Waals surface area contributed by atoms with E-state index < -0.39 is 0 Å². The molecule has 3 aromatic rings. The minimum atomic E-state index is -0.209. The van der Waals surface area contributed by atoms with Crippen LogP contribution in [-0.2, 0) is 11.8 Å². The van der Waals surface area contributed by atoms with Gasteiger partial charge in [-0.15, -0.1) is 0 Å². The molecule has 1 aliphatic heterocycles. The predicted molar refractivity (Wildman–Crippen MR) is 107 cm³/mol. The van der Waals surface area contributed by atoms with Crippen LogP contribution in [0.5, 0.6) is 0 Å². The third-order valence-corrected chi connectivity index (χ3v) is 4.06. The fourth-order valence-electron chi connectivity index (χ4n) is 2.69. The zero-order valence-corrected chi connectivity index (χ0v) is 15.4. The molecule has 1 aliphatic rings. The van der Waals surface area contributed by atoms with E-state index in [2.05, 4.69) is 15.7 Å². The fourth-order valence-corrected chi connectivity index (χ4v) is 2.69. The van der Waals surface area contributed by atoms with Crippen molar-refractivity contribution in [3.05, 3.63) is 72.4 Å². The summed E-state index contributed by atoms with van der Waals surface area (Å²) in [4.78, 5) is 12.2. The molecule has 6 heteroatoms. The lowest BCUT2D eigenvalue weighted by molar-refractivity contribution is 0.102. The van der Waals surface area contributed by atoms with Crippen LogP contribution < -0.4 is 10.6 Å². The van der Waals surface area contributed by atoms with Gasteiger partial charge in [0.25, 0.3) is 5.91 Å². The van der Waals surface area contributed by atoms with E-state index in [-0.39, 0.29) is 5.91 Å². The molecular weight excluding hydrogens is 340 g/mol. The number of carbonyl (C=O) groups excluding carboxylic acids is 1. The largest absolute Gasteiger partial charge is 0.379 e. The monoisotopic (exact) mass is 364 g/mol. The second kappa shape index (κ2) is 9.66. The molecule has 0 bridgehead atoms. The summed E-state index contributed by atoms with van der Waals surface area (Å²) in [6.07, 6.45) is 0. The summed E-state index contributed by atoms with van der Waals surface area (Å²) in [5, 5.41) is 10.3. The number of hydrogen-bond donors (Lipinski definition) is 2. The van der Waals surface area contributed by atoms with Crippen molar-refractivity contribution in [2.24, 2.45) is 7.05 Å². The van der Waals surface area contributed by atoms with Crippen LogP contribution >= 0.6 is 0 Å². The zero-order valence-electron chi connectivity index (χ0n) is 15.4. The van der Waals surface area contributed by atoms with Gasteiger partial charge in [-0.1, -0.05) is 48.5 Å². The maximum Gasteiger partial charge on any atom is 0.276 e. The molecule has 2 aromatic carbocycles. The number of para-hydroxylation sites is 1. The normalized spacial score (nSPS) is 13.4. The van der Waals surface area contributed by atoms with Crippen molar-refractivity contribution in [3.8, 4) is 11.3 Å². The maximum atomic E-state index is 12.2. The lowest BCUT2D eigenvalue weighted by atomic mass is 10.1. The van der Waals surface area contributed by atoms with Crippen LogP contribution in [0.2, 0.25) is 0 Å². The van der Waals surface area contributed by atoms with Gasteiger partial charge in [0.2, 0.25) is 0 Å². The Morgan fingerprint density at radius 2 is 1.67 bits per heavy atom. The Labute approximate surface area is 159 Å². The molecule has 27 heavy (non-hydrogen) atoms. The van der Waals surface area contributed by atoms with Gasteiger partial charge in [0.1, 0.15) is 0 Å². The molecule has 6 nitrogen and oxygen atoms in total. The van der Waals surface area contributed by atoms with E-state index in [0.29, 0.717) is 5.69 Å². The summed E-state index contributed by atoms with van der Waals surface area (Å²) < 4.78 is 6.72. The summed E-state index contributed by atoms with van der Waals surface area (Å²) in [6.45, 7) is 3.83. The SMILES string of the molecule is C1COCCN1.Cn1nc(C(=O)Nc2ccccc2)cc1-c1ccccc1. The summed E-state index contributed by atoms with van der Waals surface area (Å²) in [7, 11) is 1.83. The number of rotatable bonds is 3. The van der Waals surface area contributed by atoms with E-state index in [9.17, 15) is 4.79 Å². The molecule has 140 valence electrons. The van der Waals surface area contributed by atoms with Crippen LogP contribution in [0.1, 0.15) is 10.5 Å². The van der Waals surface area contributed by atoms with Crippen LogP contribution in [-0.4, -0.2) is 42.0 Å². The summed E-state index contributed by atoms with van der Waals surface area (Å²) in [5.41, 5.74) is 3.11. The molecule has 1 aromatic heterocycles. The highest BCUT2D eigenvalue weighted by atomic mass is 16.5. The number of aryl methyl sites for hydroxylation is 1. The van der Waals surface area contributed by atoms with Crippen LogP contribution in [0.4, 0.5) is 5.69 Å². The second-order valence-corrected chi connectivity index (χ2v) is 6.09. The number of benzene rings is 2. The van der Waals surface area contributed by atoms with Crippen molar-refractivity contribution >= 4 is 11.6 Å². The lowest BCUT2D eigenvalue weighted by Gasteiger charge is -2.10. The van der Waals surface area contributed by atoms with Crippen molar-refractivity contribution in [1.29, 1.82) is 0 Å². The molecule has 1 saturated heterocycles. The molecule has 1 fully saturated rings.